The van der Waals surface area contributed by atoms with Crippen LogP contribution in [-0.2, 0) is 28.3 Å². The van der Waals surface area contributed by atoms with E-state index in [0.29, 0.717) is 28.8 Å². The van der Waals surface area contributed by atoms with Crippen molar-refractivity contribution in [3.8, 4) is 0 Å². The predicted octanol–water partition coefficient (Wildman–Crippen LogP) is 6.39. The van der Waals surface area contributed by atoms with Gasteiger partial charge in [-0.05, 0) is 54.8 Å². The van der Waals surface area contributed by atoms with Crippen molar-refractivity contribution in [1.29, 1.82) is 0 Å². The van der Waals surface area contributed by atoms with Crippen LogP contribution in [0.3, 0.4) is 0 Å². The van der Waals surface area contributed by atoms with Crippen LogP contribution in [0.25, 0.3) is 0 Å². The Kier molecular flexibility index (Phi) is 10.5. The molecule has 1 atom stereocenters. The van der Waals surface area contributed by atoms with Crippen molar-refractivity contribution < 1.29 is 9.59 Å². The minimum atomic E-state index is -0.644. The van der Waals surface area contributed by atoms with E-state index >= 15 is 0 Å². The van der Waals surface area contributed by atoms with Crippen molar-refractivity contribution in [3.05, 3.63) is 106 Å². The van der Waals surface area contributed by atoms with E-state index in [1.807, 2.05) is 80.6 Å². The summed E-state index contributed by atoms with van der Waals surface area (Å²) in [7, 11) is 0. The number of thioether (sulfide) groups is 1. The highest BCUT2D eigenvalue weighted by molar-refractivity contribution is 7.99. The SMILES string of the molecule is CC(C)NC(=O)C(Cc1ccccc1)N(Cc1ccc(Cl)cc1)C(=O)CSCc1cccc(Cl)c1. The van der Waals surface area contributed by atoms with E-state index < -0.39 is 6.04 Å². The Morgan fingerprint density at radius 3 is 2.20 bits per heavy atom. The lowest BCUT2D eigenvalue weighted by molar-refractivity contribution is -0.139. The summed E-state index contributed by atoms with van der Waals surface area (Å²) in [6.07, 6.45) is 0.428. The summed E-state index contributed by atoms with van der Waals surface area (Å²) in [5.74, 6) is 0.654. The van der Waals surface area contributed by atoms with Crippen LogP contribution in [0.5, 0.6) is 0 Å². The maximum absolute atomic E-state index is 13.6. The number of benzene rings is 3. The molecule has 0 spiro atoms. The topological polar surface area (TPSA) is 49.4 Å². The number of carbonyl (C=O) groups excluding carboxylic acids is 2. The standard InChI is InChI=1S/C28H30Cl2N2O2S/c1-20(2)31-28(34)26(16-21-7-4-3-5-8-21)32(17-22-11-13-24(29)14-12-22)27(33)19-35-18-23-9-6-10-25(30)15-23/h3-15,20,26H,16-19H2,1-2H3,(H,31,34). The van der Waals surface area contributed by atoms with Gasteiger partial charge in [0.15, 0.2) is 0 Å². The zero-order chi connectivity index (χ0) is 25.2. The van der Waals surface area contributed by atoms with Crippen LogP contribution in [0.15, 0.2) is 78.9 Å². The van der Waals surface area contributed by atoms with Gasteiger partial charge in [-0.1, -0.05) is 77.8 Å². The monoisotopic (exact) mass is 528 g/mol. The Morgan fingerprint density at radius 1 is 0.857 bits per heavy atom. The second-order valence-corrected chi connectivity index (χ2v) is 10.5. The van der Waals surface area contributed by atoms with Gasteiger partial charge < -0.3 is 10.2 Å². The lowest BCUT2D eigenvalue weighted by Crippen LogP contribution is -2.52. The Bertz CT molecular complexity index is 1110. The fraction of sp³-hybridized carbons (Fsp3) is 0.286. The van der Waals surface area contributed by atoms with Crippen LogP contribution in [0.4, 0.5) is 0 Å². The van der Waals surface area contributed by atoms with Crippen LogP contribution in [-0.4, -0.2) is 34.6 Å². The molecule has 0 aliphatic heterocycles. The quantitative estimate of drug-likeness (QED) is 0.313. The largest absolute Gasteiger partial charge is 0.352 e. The second kappa shape index (κ2) is 13.6. The van der Waals surface area contributed by atoms with E-state index in [0.717, 1.165) is 16.7 Å². The molecular formula is C28H30Cl2N2O2S. The number of hydrogen-bond acceptors (Lipinski definition) is 3. The van der Waals surface area contributed by atoms with Gasteiger partial charge in [-0.15, -0.1) is 11.8 Å². The van der Waals surface area contributed by atoms with E-state index in [2.05, 4.69) is 5.32 Å². The van der Waals surface area contributed by atoms with E-state index in [1.165, 1.54) is 11.8 Å². The minimum absolute atomic E-state index is 0.0366. The molecule has 184 valence electrons. The van der Waals surface area contributed by atoms with Crippen molar-refractivity contribution in [1.82, 2.24) is 10.2 Å². The maximum Gasteiger partial charge on any atom is 0.243 e. The van der Waals surface area contributed by atoms with E-state index in [9.17, 15) is 9.59 Å². The lowest BCUT2D eigenvalue weighted by Gasteiger charge is -2.32. The third kappa shape index (κ3) is 8.92. The summed E-state index contributed by atoms with van der Waals surface area (Å²) in [5.41, 5.74) is 2.97. The molecule has 0 heterocycles. The van der Waals surface area contributed by atoms with Crippen LogP contribution in [0, 0.1) is 0 Å². The molecule has 3 aromatic carbocycles. The molecule has 7 heteroatoms. The van der Waals surface area contributed by atoms with Crippen LogP contribution in [0.2, 0.25) is 10.0 Å². The van der Waals surface area contributed by atoms with Crippen molar-refractivity contribution >= 4 is 46.8 Å². The first kappa shape index (κ1) is 27.1. The molecule has 3 aromatic rings. The predicted molar refractivity (Wildman–Crippen MR) is 147 cm³/mol. The van der Waals surface area contributed by atoms with Crippen molar-refractivity contribution in [2.45, 2.75) is 44.6 Å². The Morgan fingerprint density at radius 2 is 1.54 bits per heavy atom. The average Bonchev–Trinajstić information content (AvgIpc) is 2.82. The van der Waals surface area contributed by atoms with Gasteiger partial charge in [-0.3, -0.25) is 9.59 Å². The summed E-state index contributed by atoms with van der Waals surface area (Å²) in [6, 6.07) is 24.1. The molecule has 0 fully saturated rings. The summed E-state index contributed by atoms with van der Waals surface area (Å²) < 4.78 is 0. The summed E-state index contributed by atoms with van der Waals surface area (Å²) >= 11 is 13.7. The van der Waals surface area contributed by atoms with Gasteiger partial charge >= 0.3 is 0 Å². The number of amides is 2. The smallest absolute Gasteiger partial charge is 0.243 e. The number of carbonyl (C=O) groups is 2. The summed E-state index contributed by atoms with van der Waals surface area (Å²) in [5, 5.41) is 4.31. The Hall–Kier alpha value is -2.47. The number of nitrogens with one attached hydrogen (secondary N) is 1. The molecule has 0 bridgehead atoms. The van der Waals surface area contributed by atoms with Gasteiger partial charge in [-0.25, -0.2) is 0 Å². The highest BCUT2D eigenvalue weighted by atomic mass is 35.5. The van der Waals surface area contributed by atoms with E-state index in [4.69, 9.17) is 23.2 Å². The molecule has 0 saturated carbocycles. The van der Waals surface area contributed by atoms with Gasteiger partial charge in [0, 0.05) is 34.8 Å². The van der Waals surface area contributed by atoms with Crippen LogP contribution >= 0.6 is 35.0 Å². The fourth-order valence-electron chi connectivity index (χ4n) is 3.69. The van der Waals surface area contributed by atoms with Crippen molar-refractivity contribution in [3.63, 3.8) is 0 Å². The molecule has 35 heavy (non-hydrogen) atoms. The minimum Gasteiger partial charge on any atom is -0.352 e. The Balaban J connectivity index is 1.84. The fourth-order valence-corrected chi connectivity index (χ4v) is 4.88. The first-order valence-electron chi connectivity index (χ1n) is 11.5. The number of halogens is 2. The first-order valence-corrected chi connectivity index (χ1v) is 13.4. The molecule has 0 aliphatic rings. The van der Waals surface area contributed by atoms with Gasteiger partial charge in [-0.2, -0.15) is 0 Å². The van der Waals surface area contributed by atoms with E-state index in [-0.39, 0.29) is 23.6 Å². The third-order valence-corrected chi connectivity index (χ3v) is 6.83. The van der Waals surface area contributed by atoms with Crippen LogP contribution < -0.4 is 5.32 Å². The molecule has 2 amide bonds. The highest BCUT2D eigenvalue weighted by Crippen LogP contribution is 2.21. The molecule has 0 saturated heterocycles. The third-order valence-electron chi connectivity index (χ3n) is 5.35. The molecule has 1 unspecified atom stereocenters. The first-order chi connectivity index (χ1) is 16.8. The maximum atomic E-state index is 13.6. The van der Waals surface area contributed by atoms with Gasteiger partial charge in [0.25, 0.3) is 0 Å². The molecular weight excluding hydrogens is 499 g/mol. The molecule has 4 nitrogen and oxygen atoms in total. The zero-order valence-corrected chi connectivity index (χ0v) is 22.2. The van der Waals surface area contributed by atoms with Gasteiger partial charge in [0.05, 0.1) is 5.75 Å². The number of hydrogen-bond donors (Lipinski definition) is 1. The molecule has 1 N–H and O–H groups in total. The second-order valence-electron chi connectivity index (χ2n) is 8.64. The van der Waals surface area contributed by atoms with E-state index in [1.54, 1.807) is 17.0 Å². The van der Waals surface area contributed by atoms with Gasteiger partial charge in [0.1, 0.15) is 6.04 Å². The summed E-state index contributed by atoms with van der Waals surface area (Å²) in [6.45, 7) is 4.16. The molecule has 0 aromatic heterocycles. The highest BCUT2D eigenvalue weighted by Gasteiger charge is 2.30. The van der Waals surface area contributed by atoms with Crippen LogP contribution in [0.1, 0.15) is 30.5 Å². The average molecular weight is 530 g/mol. The van der Waals surface area contributed by atoms with Crippen molar-refractivity contribution in [2.75, 3.05) is 5.75 Å². The van der Waals surface area contributed by atoms with Crippen molar-refractivity contribution in [2.24, 2.45) is 0 Å². The lowest BCUT2D eigenvalue weighted by atomic mass is 10.0. The number of rotatable bonds is 11. The van der Waals surface area contributed by atoms with Gasteiger partial charge in [0.2, 0.25) is 11.8 Å². The Labute approximate surface area is 222 Å². The zero-order valence-electron chi connectivity index (χ0n) is 19.9. The summed E-state index contributed by atoms with van der Waals surface area (Å²) in [4.78, 5) is 28.6. The molecule has 3 rings (SSSR count). The number of nitrogens with zero attached hydrogens (tertiary/aromatic N) is 1. The molecule has 0 aliphatic carbocycles. The normalized spacial score (nSPS) is 11.8. The molecule has 0 radical (unpaired) electrons.